The normalized spacial score (nSPS) is 35.7. The molecule has 2 aromatic rings. The number of hydrogen-bond donors (Lipinski definition) is 1. The van der Waals surface area contributed by atoms with Gasteiger partial charge in [-0.25, -0.2) is 0 Å². The third-order valence-electron chi connectivity index (χ3n) is 7.05. The van der Waals surface area contributed by atoms with Crippen LogP contribution in [-0.4, -0.2) is 34.6 Å². The van der Waals surface area contributed by atoms with Crippen molar-refractivity contribution in [2.75, 3.05) is 0 Å². The Kier molecular flexibility index (Phi) is 3.51. The second-order valence-corrected chi connectivity index (χ2v) is 8.36. The van der Waals surface area contributed by atoms with Crippen LogP contribution in [0.5, 0.6) is 0 Å². The SMILES string of the molecule is O=C1OC(=O)[C@H]2[C@H]1C1C(c3ccccc3)=C(c3ccccc3)C2(O)[C@@H]2C(=O)OC(=O)[C@@H]12. The van der Waals surface area contributed by atoms with E-state index in [1.165, 1.54) is 0 Å². The Hall–Kier alpha value is -3.58. The van der Waals surface area contributed by atoms with Gasteiger partial charge in [-0.3, -0.25) is 19.2 Å². The zero-order chi connectivity index (χ0) is 21.5. The van der Waals surface area contributed by atoms with Crippen molar-refractivity contribution in [2.24, 2.45) is 29.6 Å². The first-order valence-corrected chi connectivity index (χ1v) is 10.0. The summed E-state index contributed by atoms with van der Waals surface area (Å²) in [6.45, 7) is 0. The predicted molar refractivity (Wildman–Crippen MR) is 104 cm³/mol. The van der Waals surface area contributed by atoms with Crippen molar-refractivity contribution < 1.29 is 33.8 Å². The lowest BCUT2D eigenvalue weighted by molar-refractivity contribution is -0.161. The van der Waals surface area contributed by atoms with Crippen LogP contribution in [0.1, 0.15) is 11.1 Å². The number of esters is 4. The maximum atomic E-state index is 12.7. The number of hydrogen-bond acceptors (Lipinski definition) is 7. The van der Waals surface area contributed by atoms with Gasteiger partial charge in [-0.1, -0.05) is 60.7 Å². The van der Waals surface area contributed by atoms with Crippen LogP contribution in [0.4, 0.5) is 0 Å². The van der Waals surface area contributed by atoms with E-state index >= 15 is 0 Å². The molecule has 154 valence electrons. The number of ether oxygens (including phenoxy) is 2. The van der Waals surface area contributed by atoms with E-state index in [1.54, 1.807) is 24.3 Å². The van der Waals surface area contributed by atoms with Crippen molar-refractivity contribution in [3.8, 4) is 0 Å². The third kappa shape index (κ3) is 2.11. The third-order valence-corrected chi connectivity index (χ3v) is 7.05. The summed E-state index contributed by atoms with van der Waals surface area (Å²) in [6, 6.07) is 18.0. The van der Waals surface area contributed by atoms with Crippen molar-refractivity contribution in [1.29, 1.82) is 0 Å². The van der Waals surface area contributed by atoms with Crippen molar-refractivity contribution in [3.05, 3.63) is 71.8 Å². The molecule has 5 aliphatic rings. The fourth-order valence-corrected chi connectivity index (χ4v) is 6.06. The Labute approximate surface area is 176 Å². The van der Waals surface area contributed by atoms with E-state index in [0.29, 0.717) is 22.3 Å². The second-order valence-electron chi connectivity index (χ2n) is 8.36. The van der Waals surface area contributed by atoms with Crippen molar-refractivity contribution in [2.45, 2.75) is 5.60 Å². The topological polar surface area (TPSA) is 107 Å². The molecule has 6 atom stereocenters. The molecule has 1 saturated carbocycles. The van der Waals surface area contributed by atoms with Crippen LogP contribution in [0.25, 0.3) is 11.1 Å². The molecule has 3 fully saturated rings. The van der Waals surface area contributed by atoms with Crippen molar-refractivity contribution >= 4 is 35.0 Å². The van der Waals surface area contributed by atoms with Crippen molar-refractivity contribution in [3.63, 3.8) is 0 Å². The molecule has 0 radical (unpaired) electrons. The Morgan fingerprint density at radius 2 is 1.06 bits per heavy atom. The number of allylic oxidation sites excluding steroid dienone is 1. The lowest BCUT2D eigenvalue weighted by atomic mass is 9.45. The first-order chi connectivity index (χ1) is 14.9. The van der Waals surface area contributed by atoms with Gasteiger partial charge in [-0.15, -0.1) is 0 Å². The number of cyclic esters (lactones) is 4. The monoisotopic (exact) mass is 416 g/mol. The van der Waals surface area contributed by atoms with Gasteiger partial charge in [0.25, 0.3) is 0 Å². The molecule has 7 nitrogen and oxygen atoms in total. The van der Waals surface area contributed by atoms with Crippen LogP contribution in [0, 0.1) is 29.6 Å². The van der Waals surface area contributed by atoms with E-state index in [1.807, 2.05) is 36.4 Å². The highest BCUT2D eigenvalue weighted by Gasteiger charge is 2.77. The summed E-state index contributed by atoms with van der Waals surface area (Å²) in [5.41, 5.74) is 0.106. The number of aliphatic hydroxyl groups is 1. The Bertz CT molecular complexity index is 1150. The summed E-state index contributed by atoms with van der Waals surface area (Å²) in [5.74, 6) is -8.88. The summed E-state index contributed by atoms with van der Waals surface area (Å²) in [6.07, 6.45) is 0. The average Bonchev–Trinajstić information content (AvgIpc) is 3.25. The summed E-state index contributed by atoms with van der Waals surface area (Å²) in [5, 5.41) is 12.2. The van der Waals surface area contributed by atoms with Gasteiger partial charge in [0.1, 0.15) is 17.4 Å². The zero-order valence-corrected chi connectivity index (χ0v) is 16.1. The lowest BCUT2D eigenvalue weighted by Gasteiger charge is -2.54. The van der Waals surface area contributed by atoms with Crippen LogP contribution in [0.15, 0.2) is 60.7 Å². The van der Waals surface area contributed by atoms with E-state index in [0.717, 1.165) is 0 Å². The molecular weight excluding hydrogens is 400 g/mol. The van der Waals surface area contributed by atoms with Gasteiger partial charge in [0, 0.05) is 5.92 Å². The van der Waals surface area contributed by atoms with Gasteiger partial charge in [0.2, 0.25) is 0 Å². The molecule has 3 aliphatic carbocycles. The molecule has 7 heteroatoms. The number of carbonyl (C=O) groups excluding carboxylic acids is 4. The van der Waals surface area contributed by atoms with Gasteiger partial charge < -0.3 is 14.6 Å². The quantitative estimate of drug-likeness (QED) is 0.585. The molecule has 2 heterocycles. The molecule has 2 saturated heterocycles. The molecule has 2 aliphatic heterocycles. The Morgan fingerprint density at radius 3 is 1.55 bits per heavy atom. The summed E-state index contributed by atoms with van der Waals surface area (Å²) in [7, 11) is 0. The minimum Gasteiger partial charge on any atom is -0.393 e. The highest BCUT2D eigenvalue weighted by Crippen LogP contribution is 2.67. The number of benzene rings is 2. The Balaban J connectivity index is 1.76. The smallest absolute Gasteiger partial charge is 0.320 e. The summed E-state index contributed by atoms with van der Waals surface area (Å²) < 4.78 is 9.86. The van der Waals surface area contributed by atoms with Gasteiger partial charge >= 0.3 is 23.9 Å². The van der Waals surface area contributed by atoms with Gasteiger partial charge in [-0.2, -0.15) is 0 Å². The van der Waals surface area contributed by atoms with E-state index in [9.17, 15) is 24.3 Å². The first-order valence-electron chi connectivity index (χ1n) is 10.0. The predicted octanol–water partition coefficient (Wildman–Crippen LogP) is 1.60. The van der Waals surface area contributed by atoms with E-state index in [4.69, 9.17) is 9.47 Å². The molecule has 1 N–H and O–H groups in total. The molecule has 0 amide bonds. The molecule has 2 aromatic carbocycles. The van der Waals surface area contributed by atoms with E-state index in [-0.39, 0.29) is 0 Å². The van der Waals surface area contributed by atoms with Crippen LogP contribution in [0.3, 0.4) is 0 Å². The highest BCUT2D eigenvalue weighted by molar-refractivity contribution is 6.13. The van der Waals surface area contributed by atoms with E-state index in [2.05, 4.69) is 0 Å². The van der Waals surface area contributed by atoms with Gasteiger partial charge in [0.15, 0.2) is 0 Å². The molecule has 0 spiro atoms. The van der Waals surface area contributed by atoms with Crippen LogP contribution >= 0.6 is 0 Å². The molecule has 7 rings (SSSR count). The second kappa shape index (κ2) is 5.98. The molecule has 2 bridgehead atoms. The van der Waals surface area contributed by atoms with Gasteiger partial charge in [-0.05, 0) is 22.3 Å². The van der Waals surface area contributed by atoms with Crippen LogP contribution < -0.4 is 0 Å². The molecular formula is C24H16O7. The standard InChI is InChI=1S/C24H16O7/c25-20-15-14-13(11-7-3-1-4-8-11)17(12-9-5-2-6-10-12)24(29,18(15)22(27)30-20)19-16(14)21(26)31-23(19)28/h1-10,14-16,18-19,29H/t14?,15-,16+,18-,19+,24?. The van der Waals surface area contributed by atoms with Crippen LogP contribution in [0.2, 0.25) is 0 Å². The summed E-state index contributed by atoms with van der Waals surface area (Å²) in [4.78, 5) is 51.0. The van der Waals surface area contributed by atoms with Crippen molar-refractivity contribution in [1.82, 2.24) is 0 Å². The molecule has 0 aromatic heterocycles. The fourth-order valence-electron chi connectivity index (χ4n) is 6.06. The maximum Gasteiger partial charge on any atom is 0.320 e. The number of rotatable bonds is 2. The zero-order valence-electron chi connectivity index (χ0n) is 16.1. The van der Waals surface area contributed by atoms with Crippen LogP contribution in [-0.2, 0) is 28.7 Å². The Morgan fingerprint density at radius 1 is 0.613 bits per heavy atom. The highest BCUT2D eigenvalue weighted by atomic mass is 16.6. The first kappa shape index (κ1) is 18.2. The largest absolute Gasteiger partial charge is 0.393 e. The molecule has 31 heavy (non-hydrogen) atoms. The molecule has 2 unspecified atom stereocenters. The lowest BCUT2D eigenvalue weighted by Crippen LogP contribution is -2.64. The minimum atomic E-state index is -2.12. The number of carbonyl (C=O) groups is 4. The minimum absolute atomic E-state index is 0.366. The van der Waals surface area contributed by atoms with Gasteiger partial charge in [0.05, 0.1) is 11.8 Å². The maximum absolute atomic E-state index is 12.7. The fraction of sp³-hybridized carbons (Fsp3) is 0.250. The summed E-state index contributed by atoms with van der Waals surface area (Å²) >= 11 is 0. The average molecular weight is 416 g/mol. The van der Waals surface area contributed by atoms with E-state index < -0.39 is 59.1 Å².